The van der Waals surface area contributed by atoms with Gasteiger partial charge in [0.05, 0.1) is 0 Å². The summed E-state index contributed by atoms with van der Waals surface area (Å²) in [6.45, 7) is 17.1. The van der Waals surface area contributed by atoms with Gasteiger partial charge in [0.2, 0.25) is 0 Å². The number of nitrogens with one attached hydrogen (secondary N) is 1. The molecule has 0 aliphatic heterocycles. The van der Waals surface area contributed by atoms with Gasteiger partial charge in [0.1, 0.15) is 0 Å². The molecule has 0 aliphatic rings. The third-order valence-electron chi connectivity index (χ3n) is 3.37. The standard InChI is InChI=1S/C14H32N2/c1-7-16(8-2)14(6)11-15-13(5)10-9-12(3)4/h12-15H,7-11H2,1-6H3. The summed E-state index contributed by atoms with van der Waals surface area (Å²) in [6.07, 6.45) is 2.62. The number of rotatable bonds is 9. The predicted octanol–water partition coefficient (Wildman–Crippen LogP) is 3.13. The minimum absolute atomic E-state index is 0.650. The van der Waals surface area contributed by atoms with E-state index >= 15 is 0 Å². The molecule has 0 saturated carbocycles. The Balaban J connectivity index is 3.69. The lowest BCUT2D eigenvalue weighted by molar-refractivity contribution is 0.220. The van der Waals surface area contributed by atoms with Gasteiger partial charge >= 0.3 is 0 Å². The minimum Gasteiger partial charge on any atom is -0.313 e. The SMILES string of the molecule is CCN(CC)C(C)CNC(C)CCC(C)C. The van der Waals surface area contributed by atoms with Crippen LogP contribution in [0.3, 0.4) is 0 Å². The average molecular weight is 228 g/mol. The van der Waals surface area contributed by atoms with Crippen molar-refractivity contribution in [3.63, 3.8) is 0 Å². The van der Waals surface area contributed by atoms with Crippen LogP contribution in [0.5, 0.6) is 0 Å². The van der Waals surface area contributed by atoms with Crippen molar-refractivity contribution in [1.82, 2.24) is 10.2 Å². The van der Waals surface area contributed by atoms with Crippen molar-refractivity contribution in [3.05, 3.63) is 0 Å². The quantitative estimate of drug-likeness (QED) is 0.652. The summed E-state index contributed by atoms with van der Waals surface area (Å²) in [5, 5.41) is 3.65. The fourth-order valence-corrected chi connectivity index (χ4v) is 2.03. The van der Waals surface area contributed by atoms with Crippen molar-refractivity contribution >= 4 is 0 Å². The van der Waals surface area contributed by atoms with E-state index in [4.69, 9.17) is 0 Å². The van der Waals surface area contributed by atoms with Gasteiger partial charge in [0.25, 0.3) is 0 Å². The topological polar surface area (TPSA) is 15.3 Å². The number of nitrogens with zero attached hydrogens (tertiary/aromatic N) is 1. The van der Waals surface area contributed by atoms with E-state index in [-0.39, 0.29) is 0 Å². The Bertz CT molecular complexity index is 153. The van der Waals surface area contributed by atoms with Gasteiger partial charge in [-0.05, 0) is 45.7 Å². The average Bonchev–Trinajstić information content (AvgIpc) is 2.25. The lowest BCUT2D eigenvalue weighted by atomic mass is 10.0. The smallest absolute Gasteiger partial charge is 0.0192 e. The molecule has 2 nitrogen and oxygen atoms in total. The van der Waals surface area contributed by atoms with Gasteiger partial charge in [-0.1, -0.05) is 27.7 Å². The van der Waals surface area contributed by atoms with Crippen molar-refractivity contribution in [2.75, 3.05) is 19.6 Å². The molecule has 0 amide bonds. The monoisotopic (exact) mass is 228 g/mol. The van der Waals surface area contributed by atoms with E-state index in [1.807, 2.05) is 0 Å². The van der Waals surface area contributed by atoms with E-state index in [0.29, 0.717) is 12.1 Å². The highest BCUT2D eigenvalue weighted by Gasteiger charge is 2.11. The summed E-state index contributed by atoms with van der Waals surface area (Å²) < 4.78 is 0. The summed E-state index contributed by atoms with van der Waals surface area (Å²) in [7, 11) is 0. The highest BCUT2D eigenvalue weighted by atomic mass is 15.2. The van der Waals surface area contributed by atoms with Gasteiger partial charge in [-0.3, -0.25) is 4.90 Å². The highest BCUT2D eigenvalue weighted by molar-refractivity contribution is 4.70. The maximum atomic E-state index is 3.65. The van der Waals surface area contributed by atoms with E-state index in [1.165, 1.54) is 12.8 Å². The maximum Gasteiger partial charge on any atom is 0.0192 e. The summed E-state index contributed by atoms with van der Waals surface area (Å²) in [4.78, 5) is 2.50. The summed E-state index contributed by atoms with van der Waals surface area (Å²) in [5.41, 5.74) is 0. The molecular weight excluding hydrogens is 196 g/mol. The molecule has 0 aromatic heterocycles. The van der Waals surface area contributed by atoms with E-state index < -0.39 is 0 Å². The zero-order valence-corrected chi connectivity index (χ0v) is 12.2. The van der Waals surface area contributed by atoms with E-state index in [9.17, 15) is 0 Å². The van der Waals surface area contributed by atoms with Crippen LogP contribution in [0.1, 0.15) is 54.4 Å². The molecule has 0 aromatic carbocycles. The second-order valence-corrected chi connectivity index (χ2v) is 5.35. The number of likely N-dealkylation sites (N-methyl/N-ethyl adjacent to an activating group) is 1. The van der Waals surface area contributed by atoms with E-state index in [0.717, 1.165) is 25.6 Å². The highest BCUT2D eigenvalue weighted by Crippen LogP contribution is 2.06. The molecule has 0 bridgehead atoms. The van der Waals surface area contributed by atoms with Crippen molar-refractivity contribution in [3.8, 4) is 0 Å². The first-order valence-electron chi connectivity index (χ1n) is 6.98. The fourth-order valence-electron chi connectivity index (χ4n) is 2.03. The molecular formula is C14H32N2. The molecule has 0 aliphatic carbocycles. The van der Waals surface area contributed by atoms with Crippen LogP contribution in [0.25, 0.3) is 0 Å². The molecule has 2 heteroatoms. The van der Waals surface area contributed by atoms with E-state index in [1.54, 1.807) is 0 Å². The van der Waals surface area contributed by atoms with Crippen molar-refractivity contribution in [2.45, 2.75) is 66.5 Å². The van der Waals surface area contributed by atoms with Gasteiger partial charge in [0.15, 0.2) is 0 Å². The predicted molar refractivity (Wildman–Crippen MR) is 73.9 cm³/mol. The van der Waals surface area contributed by atoms with Crippen LogP contribution < -0.4 is 5.32 Å². The Morgan fingerprint density at radius 1 is 0.938 bits per heavy atom. The summed E-state index contributed by atoms with van der Waals surface area (Å²) in [6, 6.07) is 1.30. The van der Waals surface area contributed by atoms with Gasteiger partial charge in [-0.2, -0.15) is 0 Å². The molecule has 98 valence electrons. The van der Waals surface area contributed by atoms with E-state index in [2.05, 4.69) is 51.8 Å². The van der Waals surface area contributed by atoms with Gasteiger partial charge in [0, 0.05) is 18.6 Å². The molecule has 16 heavy (non-hydrogen) atoms. The molecule has 0 rings (SSSR count). The Kier molecular flexibility index (Phi) is 8.96. The fraction of sp³-hybridized carbons (Fsp3) is 1.00. The van der Waals surface area contributed by atoms with Gasteiger partial charge in [-0.25, -0.2) is 0 Å². The molecule has 0 heterocycles. The number of hydrogen-bond donors (Lipinski definition) is 1. The third-order valence-corrected chi connectivity index (χ3v) is 3.37. The van der Waals surface area contributed by atoms with Crippen molar-refractivity contribution in [1.29, 1.82) is 0 Å². The first-order valence-corrected chi connectivity index (χ1v) is 6.98. The molecule has 2 atom stereocenters. The van der Waals surface area contributed by atoms with Gasteiger partial charge < -0.3 is 5.32 Å². The Morgan fingerprint density at radius 2 is 1.50 bits per heavy atom. The normalized spacial score (nSPS) is 15.8. The Morgan fingerprint density at radius 3 is 1.94 bits per heavy atom. The third kappa shape index (κ3) is 7.24. The first-order chi connectivity index (χ1) is 7.51. The van der Waals surface area contributed by atoms with Gasteiger partial charge in [-0.15, -0.1) is 0 Å². The van der Waals surface area contributed by atoms with Crippen LogP contribution in [0.4, 0.5) is 0 Å². The molecule has 1 N–H and O–H groups in total. The van der Waals surface area contributed by atoms with Crippen LogP contribution in [0.2, 0.25) is 0 Å². The Hall–Kier alpha value is -0.0800. The van der Waals surface area contributed by atoms with Crippen LogP contribution >= 0.6 is 0 Å². The number of hydrogen-bond acceptors (Lipinski definition) is 2. The molecule has 2 unspecified atom stereocenters. The largest absolute Gasteiger partial charge is 0.313 e. The molecule has 0 fully saturated rings. The molecule has 0 aromatic rings. The second kappa shape index (κ2) is 9.00. The lowest BCUT2D eigenvalue weighted by Gasteiger charge is -2.28. The van der Waals surface area contributed by atoms with Crippen molar-refractivity contribution in [2.24, 2.45) is 5.92 Å². The molecule has 0 radical (unpaired) electrons. The summed E-state index contributed by atoms with van der Waals surface area (Å²) in [5.74, 6) is 0.824. The van der Waals surface area contributed by atoms with Crippen LogP contribution in [-0.4, -0.2) is 36.6 Å². The summed E-state index contributed by atoms with van der Waals surface area (Å²) >= 11 is 0. The van der Waals surface area contributed by atoms with Crippen LogP contribution in [-0.2, 0) is 0 Å². The first kappa shape index (κ1) is 15.9. The second-order valence-electron chi connectivity index (χ2n) is 5.35. The van der Waals surface area contributed by atoms with Crippen LogP contribution in [0, 0.1) is 5.92 Å². The molecule has 0 spiro atoms. The van der Waals surface area contributed by atoms with Crippen molar-refractivity contribution < 1.29 is 0 Å². The Labute approximate surface area is 103 Å². The minimum atomic E-state index is 0.650. The van der Waals surface area contributed by atoms with Crippen LogP contribution in [0.15, 0.2) is 0 Å². The zero-order chi connectivity index (χ0) is 12.6. The molecule has 0 saturated heterocycles. The maximum absolute atomic E-state index is 3.65. The lowest BCUT2D eigenvalue weighted by Crippen LogP contribution is -2.42. The zero-order valence-electron chi connectivity index (χ0n) is 12.2.